The Morgan fingerprint density at radius 3 is 2.68 bits per heavy atom. The highest BCUT2D eigenvalue weighted by atomic mass is 35.5. The lowest BCUT2D eigenvalue weighted by Crippen LogP contribution is -2.20. The number of amides is 1. The van der Waals surface area contributed by atoms with Crippen LogP contribution in [0, 0.1) is 27.9 Å². The first-order chi connectivity index (χ1) is 10.6. The molecule has 22 heavy (non-hydrogen) atoms. The maximum atomic E-state index is 12.1. The zero-order valence-electron chi connectivity index (χ0n) is 11.9. The fourth-order valence-corrected chi connectivity index (χ4v) is 3.53. The number of benzene rings is 1. The van der Waals surface area contributed by atoms with Crippen LogP contribution in [0.5, 0.6) is 0 Å². The number of carbonyl (C=O) groups is 1. The van der Waals surface area contributed by atoms with Crippen molar-refractivity contribution >= 4 is 29.4 Å². The first-order valence-electron chi connectivity index (χ1n) is 7.35. The molecule has 7 heteroatoms. The highest BCUT2D eigenvalue weighted by molar-refractivity contribution is 6.33. The van der Waals surface area contributed by atoms with Crippen molar-refractivity contribution in [2.45, 2.75) is 25.7 Å². The summed E-state index contributed by atoms with van der Waals surface area (Å²) in [5, 5.41) is 15.0. The van der Waals surface area contributed by atoms with Gasteiger partial charge in [0, 0.05) is 28.6 Å². The maximum Gasteiger partial charge on any atom is 0.270 e. The van der Waals surface area contributed by atoms with Gasteiger partial charge in [0.2, 0.25) is 5.91 Å². The van der Waals surface area contributed by atoms with Crippen LogP contribution < -0.4 is 5.43 Å². The van der Waals surface area contributed by atoms with E-state index in [1.807, 2.05) is 0 Å². The van der Waals surface area contributed by atoms with E-state index >= 15 is 0 Å². The Labute approximate surface area is 132 Å². The SMILES string of the molecule is O=C(N/N=C\c1cc([N+](=O)[O-])ccc1Cl)C1[C@H]2CCCC[C@H]12. The second-order valence-electron chi connectivity index (χ2n) is 5.84. The molecule has 6 nitrogen and oxygen atoms in total. The maximum absolute atomic E-state index is 12.1. The van der Waals surface area contributed by atoms with Gasteiger partial charge in [-0.2, -0.15) is 5.10 Å². The molecular weight excluding hydrogens is 306 g/mol. The van der Waals surface area contributed by atoms with E-state index in [-0.39, 0.29) is 17.5 Å². The van der Waals surface area contributed by atoms with E-state index in [1.165, 1.54) is 37.3 Å². The highest BCUT2D eigenvalue weighted by Gasteiger charge is 2.54. The average Bonchev–Trinajstić information content (AvgIpc) is 3.23. The predicted octanol–water partition coefficient (Wildman–Crippen LogP) is 3.13. The predicted molar refractivity (Wildman–Crippen MR) is 82.8 cm³/mol. The summed E-state index contributed by atoms with van der Waals surface area (Å²) in [5.41, 5.74) is 2.87. The second-order valence-corrected chi connectivity index (χ2v) is 6.24. The van der Waals surface area contributed by atoms with Gasteiger partial charge in [0.15, 0.2) is 0 Å². The third-order valence-corrected chi connectivity index (χ3v) is 4.87. The third-order valence-electron chi connectivity index (χ3n) is 4.53. The number of carbonyl (C=O) groups excluding carboxylic acids is 1. The first kappa shape index (κ1) is 15.0. The lowest BCUT2D eigenvalue weighted by molar-refractivity contribution is -0.384. The van der Waals surface area contributed by atoms with Crippen LogP contribution in [-0.4, -0.2) is 17.0 Å². The minimum atomic E-state index is -0.499. The molecule has 0 saturated heterocycles. The van der Waals surface area contributed by atoms with E-state index in [0.29, 0.717) is 22.4 Å². The normalized spacial score (nSPS) is 26.5. The van der Waals surface area contributed by atoms with Gasteiger partial charge in [-0.1, -0.05) is 24.4 Å². The Kier molecular flexibility index (Phi) is 4.11. The molecule has 1 aromatic carbocycles. The van der Waals surface area contributed by atoms with Crippen LogP contribution in [-0.2, 0) is 4.79 Å². The topological polar surface area (TPSA) is 84.6 Å². The Morgan fingerprint density at radius 2 is 2.05 bits per heavy atom. The Hall–Kier alpha value is -1.95. The number of halogens is 1. The zero-order chi connectivity index (χ0) is 15.7. The van der Waals surface area contributed by atoms with Crippen molar-refractivity contribution in [3.8, 4) is 0 Å². The molecule has 1 N–H and O–H groups in total. The fraction of sp³-hybridized carbons (Fsp3) is 0.467. The molecule has 0 aliphatic heterocycles. The van der Waals surface area contributed by atoms with Gasteiger partial charge < -0.3 is 0 Å². The minimum absolute atomic E-state index is 0.0605. The van der Waals surface area contributed by atoms with Crippen LogP contribution in [0.2, 0.25) is 5.02 Å². The van der Waals surface area contributed by atoms with Crippen LogP contribution in [0.4, 0.5) is 5.69 Å². The van der Waals surface area contributed by atoms with Crippen molar-refractivity contribution in [3.05, 3.63) is 38.9 Å². The Balaban J connectivity index is 1.61. The standard InChI is InChI=1S/C15H16ClN3O3/c16-13-6-5-10(19(21)22)7-9(13)8-17-18-15(20)14-11-3-1-2-4-12(11)14/h5-8,11-12,14H,1-4H2,(H,18,20)/b17-8-/t11-,12-/m0/s1. The summed E-state index contributed by atoms with van der Waals surface area (Å²) >= 11 is 5.96. The fourth-order valence-electron chi connectivity index (χ4n) is 3.36. The second kappa shape index (κ2) is 6.04. The van der Waals surface area contributed by atoms with E-state index < -0.39 is 4.92 Å². The molecule has 0 unspecified atom stereocenters. The largest absolute Gasteiger partial charge is 0.273 e. The summed E-state index contributed by atoms with van der Waals surface area (Å²) in [6.45, 7) is 0. The number of hydrogen-bond donors (Lipinski definition) is 1. The number of nitrogens with zero attached hydrogens (tertiary/aromatic N) is 2. The highest BCUT2D eigenvalue weighted by Crippen LogP contribution is 2.55. The lowest BCUT2D eigenvalue weighted by Gasteiger charge is -2.04. The zero-order valence-corrected chi connectivity index (χ0v) is 12.6. The molecule has 0 heterocycles. The first-order valence-corrected chi connectivity index (χ1v) is 7.72. The number of fused-ring (bicyclic) bond motifs is 1. The van der Waals surface area contributed by atoms with Gasteiger partial charge in [-0.15, -0.1) is 0 Å². The Morgan fingerprint density at radius 1 is 1.36 bits per heavy atom. The number of rotatable bonds is 4. The van der Waals surface area contributed by atoms with Gasteiger partial charge in [-0.05, 0) is 30.7 Å². The number of nitro benzene ring substituents is 1. The van der Waals surface area contributed by atoms with Crippen LogP contribution in [0.15, 0.2) is 23.3 Å². The van der Waals surface area contributed by atoms with Gasteiger partial charge in [0.05, 0.1) is 11.1 Å². The van der Waals surface area contributed by atoms with Gasteiger partial charge in [-0.25, -0.2) is 5.43 Å². The van der Waals surface area contributed by atoms with E-state index in [2.05, 4.69) is 10.5 Å². The molecule has 3 rings (SSSR count). The van der Waals surface area contributed by atoms with E-state index in [1.54, 1.807) is 0 Å². The summed E-state index contributed by atoms with van der Waals surface area (Å²) in [4.78, 5) is 22.3. The summed E-state index contributed by atoms with van der Waals surface area (Å²) in [6.07, 6.45) is 6.01. The summed E-state index contributed by atoms with van der Waals surface area (Å²) < 4.78 is 0. The summed E-state index contributed by atoms with van der Waals surface area (Å²) in [6, 6.07) is 4.10. The Bertz CT molecular complexity index is 635. The monoisotopic (exact) mass is 321 g/mol. The van der Waals surface area contributed by atoms with Crippen molar-refractivity contribution in [1.29, 1.82) is 0 Å². The smallest absolute Gasteiger partial charge is 0.270 e. The number of non-ortho nitro benzene ring substituents is 1. The molecule has 0 radical (unpaired) electrons. The van der Waals surface area contributed by atoms with Gasteiger partial charge in [0.1, 0.15) is 0 Å². The molecule has 0 spiro atoms. The molecule has 2 saturated carbocycles. The molecule has 2 atom stereocenters. The molecule has 2 fully saturated rings. The van der Waals surface area contributed by atoms with Crippen LogP contribution in [0.25, 0.3) is 0 Å². The minimum Gasteiger partial charge on any atom is -0.273 e. The van der Waals surface area contributed by atoms with Crippen LogP contribution in [0.1, 0.15) is 31.2 Å². The number of hydrogen-bond acceptors (Lipinski definition) is 4. The van der Waals surface area contributed by atoms with E-state index in [4.69, 9.17) is 11.6 Å². The van der Waals surface area contributed by atoms with Gasteiger partial charge in [0.25, 0.3) is 5.69 Å². The molecule has 2 aliphatic carbocycles. The lowest BCUT2D eigenvalue weighted by atomic mass is 10.0. The van der Waals surface area contributed by atoms with Gasteiger partial charge in [-0.3, -0.25) is 14.9 Å². The molecule has 1 aromatic rings. The van der Waals surface area contributed by atoms with Crippen molar-refractivity contribution in [2.75, 3.05) is 0 Å². The quantitative estimate of drug-likeness (QED) is 0.525. The van der Waals surface area contributed by atoms with E-state index in [0.717, 1.165) is 12.8 Å². The van der Waals surface area contributed by atoms with Crippen molar-refractivity contribution in [2.24, 2.45) is 22.9 Å². The molecule has 0 aromatic heterocycles. The van der Waals surface area contributed by atoms with E-state index in [9.17, 15) is 14.9 Å². The number of nitrogens with one attached hydrogen (secondary N) is 1. The molecular formula is C15H16ClN3O3. The number of hydrazone groups is 1. The van der Waals surface area contributed by atoms with Crippen LogP contribution >= 0.6 is 11.6 Å². The summed E-state index contributed by atoms with van der Waals surface area (Å²) in [5.74, 6) is 1.06. The van der Waals surface area contributed by atoms with Crippen molar-refractivity contribution in [1.82, 2.24) is 5.43 Å². The summed E-state index contributed by atoms with van der Waals surface area (Å²) in [7, 11) is 0. The average molecular weight is 322 g/mol. The number of nitro groups is 1. The van der Waals surface area contributed by atoms with Crippen molar-refractivity contribution in [3.63, 3.8) is 0 Å². The molecule has 0 bridgehead atoms. The van der Waals surface area contributed by atoms with Crippen molar-refractivity contribution < 1.29 is 9.72 Å². The third kappa shape index (κ3) is 2.97. The van der Waals surface area contributed by atoms with Gasteiger partial charge >= 0.3 is 0 Å². The molecule has 2 aliphatic rings. The molecule has 1 amide bonds. The molecule has 116 valence electrons. The van der Waals surface area contributed by atoms with Crippen LogP contribution in [0.3, 0.4) is 0 Å².